The van der Waals surface area contributed by atoms with Gasteiger partial charge in [0, 0.05) is 82.9 Å². The minimum Gasteiger partial charge on any atom is -0.456 e. The van der Waals surface area contributed by atoms with E-state index in [2.05, 4.69) is 85.0 Å². The number of unbranched alkanes of at least 4 members (excludes halogenated alkanes) is 1. The van der Waals surface area contributed by atoms with E-state index in [9.17, 15) is 21.4 Å². The molecular formula is C41H58N5O7S3Si2+. The van der Waals surface area contributed by atoms with Gasteiger partial charge in [-0.1, -0.05) is 37.6 Å². The Morgan fingerprint density at radius 1 is 0.862 bits per heavy atom. The average molecular weight is 885 g/mol. The number of thioether (sulfide) groups is 1. The Morgan fingerprint density at radius 2 is 1.53 bits per heavy atom. The van der Waals surface area contributed by atoms with Crippen molar-refractivity contribution in [1.82, 2.24) is 19.3 Å². The van der Waals surface area contributed by atoms with Crippen LogP contribution in [0, 0.1) is 0 Å². The quantitative estimate of drug-likeness (QED) is 0.0206. The molecular weight excluding hydrogens is 827 g/mol. The van der Waals surface area contributed by atoms with Crippen molar-refractivity contribution in [2.75, 3.05) is 36.5 Å². The van der Waals surface area contributed by atoms with Crippen molar-refractivity contribution in [3.63, 3.8) is 0 Å². The molecule has 12 nitrogen and oxygen atoms in total. The van der Waals surface area contributed by atoms with E-state index in [0.29, 0.717) is 38.6 Å². The Kier molecular flexibility index (Phi) is 14.9. The molecule has 5 rings (SSSR count). The minimum atomic E-state index is -4.93. The summed E-state index contributed by atoms with van der Waals surface area (Å²) >= 11 is 1.54. The third kappa shape index (κ3) is 11.0. The molecule has 0 radical (unpaired) electrons. The van der Waals surface area contributed by atoms with Gasteiger partial charge in [0.05, 0.1) is 11.0 Å². The molecule has 2 N–H and O–H groups in total. The van der Waals surface area contributed by atoms with Crippen LogP contribution in [-0.2, 0) is 30.8 Å². The zero-order valence-corrected chi connectivity index (χ0v) is 39.6. The number of aromatic nitrogens is 2. The van der Waals surface area contributed by atoms with Crippen LogP contribution in [0.2, 0.25) is 32.2 Å². The molecule has 0 fully saturated rings. The molecule has 0 atom stereocenters. The molecule has 0 unspecified atom stereocenters. The summed E-state index contributed by atoms with van der Waals surface area (Å²) in [5.74, 6) is 0.516. The zero-order chi connectivity index (χ0) is 42.5. The maximum absolute atomic E-state index is 13.7. The molecule has 17 heteroatoms. The molecule has 0 spiro atoms. The van der Waals surface area contributed by atoms with Gasteiger partial charge in [-0.3, -0.25) is 4.55 Å². The van der Waals surface area contributed by atoms with Gasteiger partial charge in [-0.2, -0.15) is 8.42 Å². The summed E-state index contributed by atoms with van der Waals surface area (Å²) in [7, 11) is -12.9. The summed E-state index contributed by atoms with van der Waals surface area (Å²) in [5.41, 5.74) is 3.22. The Morgan fingerprint density at radius 3 is 2.16 bits per heavy atom. The molecule has 0 amide bonds. The van der Waals surface area contributed by atoms with Crippen LogP contribution in [0.25, 0.3) is 33.4 Å². The lowest BCUT2D eigenvalue weighted by molar-refractivity contribution is 0.483. The summed E-state index contributed by atoms with van der Waals surface area (Å²) in [6, 6.07) is 16.4. The van der Waals surface area contributed by atoms with Gasteiger partial charge < -0.3 is 13.4 Å². The van der Waals surface area contributed by atoms with Crippen molar-refractivity contribution in [3.05, 3.63) is 77.9 Å². The monoisotopic (exact) mass is 884 g/mol. The molecule has 2 aliphatic rings. The van der Waals surface area contributed by atoms with Gasteiger partial charge in [-0.05, 0) is 90.3 Å². The maximum Gasteiger partial charge on any atom is 0.295 e. The van der Waals surface area contributed by atoms with Gasteiger partial charge >= 0.3 is 0 Å². The lowest BCUT2D eigenvalue weighted by Crippen LogP contribution is -2.46. The normalized spacial score (nSPS) is 12.7. The standard InChI is InChI=1S/C41H57N5O7S3Si2/c1-10-15-22-57(6,7)53-58(8,9)29-54-41-42-26-30(27-43-41)28-44-55(47,48)33-18-21-36(39(25-33)56(49,50)51)40-34-19-16-31(45(11-2)12-3)23-37(34)52-38-24-32(17-20-35(38)40)46(13-4)14-5/h16-21,23-27,44H,10-15,22,28-29H2,1-9H3/p+1. The fourth-order valence-electron chi connectivity index (χ4n) is 7.26. The van der Waals surface area contributed by atoms with Crippen LogP contribution in [0.1, 0.15) is 53.0 Å². The van der Waals surface area contributed by atoms with Crippen LogP contribution in [0.5, 0.6) is 0 Å². The first-order chi connectivity index (χ1) is 27.3. The fraction of sp³-hybridized carbons (Fsp3) is 0.439. The predicted molar refractivity (Wildman–Crippen MR) is 241 cm³/mol. The second-order valence-corrected chi connectivity index (χ2v) is 28.8. The lowest BCUT2D eigenvalue weighted by atomic mass is 9.93. The predicted octanol–water partition coefficient (Wildman–Crippen LogP) is 8.24. The Balaban J connectivity index is 1.47. The number of fused-ring (bicyclic) bond motifs is 2. The summed E-state index contributed by atoms with van der Waals surface area (Å²) in [5, 5.41) is 2.92. The molecule has 1 aliphatic heterocycles. The van der Waals surface area contributed by atoms with Crippen molar-refractivity contribution in [3.8, 4) is 22.5 Å². The molecule has 1 aliphatic carbocycles. The van der Waals surface area contributed by atoms with Crippen LogP contribution in [0.4, 0.5) is 5.69 Å². The number of benzene rings is 3. The highest BCUT2D eigenvalue weighted by Crippen LogP contribution is 2.43. The number of nitrogens with one attached hydrogen (secondary N) is 1. The van der Waals surface area contributed by atoms with Gasteiger partial charge in [0.15, 0.2) is 21.8 Å². The molecule has 0 saturated carbocycles. The zero-order valence-electron chi connectivity index (χ0n) is 35.1. The van der Waals surface area contributed by atoms with Crippen LogP contribution in [0.15, 0.2) is 86.4 Å². The summed E-state index contributed by atoms with van der Waals surface area (Å²) in [6.45, 7) is 22.4. The third-order valence-electron chi connectivity index (χ3n) is 10.1. The van der Waals surface area contributed by atoms with Crippen molar-refractivity contribution >= 4 is 65.2 Å². The highest BCUT2D eigenvalue weighted by molar-refractivity contribution is 8.00. The number of sulfonamides is 1. The number of anilines is 1. The molecule has 3 aromatic rings. The van der Waals surface area contributed by atoms with Crippen LogP contribution >= 0.6 is 11.8 Å². The van der Waals surface area contributed by atoms with Crippen molar-refractivity contribution in [2.45, 2.75) is 101 Å². The maximum atomic E-state index is 13.7. The van der Waals surface area contributed by atoms with E-state index < -0.39 is 41.7 Å². The number of nitrogens with zero attached hydrogens (tertiary/aromatic N) is 4. The SMILES string of the molecule is CCCC[Si](C)(C)O[Si](C)(C)CSc1ncc(CNS(=O)(=O)c2ccc(-c3c4ccc(=[N+](CC)CC)cc-4oc4cc(N(CC)CC)ccc34)c(S(=O)(=O)O)c2)cn1. The second kappa shape index (κ2) is 18.9. The van der Waals surface area contributed by atoms with Crippen molar-refractivity contribution < 1.29 is 29.9 Å². The van der Waals surface area contributed by atoms with Crippen LogP contribution in [-0.4, -0.2) is 79.5 Å². The highest BCUT2D eigenvalue weighted by atomic mass is 32.2. The first-order valence-corrected chi connectivity index (χ1v) is 30.1. The van der Waals surface area contributed by atoms with Gasteiger partial charge in [-0.25, -0.2) is 27.7 Å². The van der Waals surface area contributed by atoms with E-state index in [1.54, 1.807) is 24.2 Å². The van der Waals surface area contributed by atoms with Crippen molar-refractivity contribution in [2.24, 2.45) is 0 Å². The largest absolute Gasteiger partial charge is 0.456 e. The number of hydrogen-bond acceptors (Lipinski definition) is 10. The van der Waals surface area contributed by atoms with Gasteiger partial charge in [0.25, 0.3) is 10.1 Å². The van der Waals surface area contributed by atoms with E-state index in [1.807, 2.05) is 36.4 Å². The Bertz CT molecular complexity index is 2480. The minimum absolute atomic E-state index is 0.129. The first-order valence-electron chi connectivity index (χ1n) is 19.9. The molecule has 1 aromatic heterocycles. The molecule has 0 saturated heterocycles. The molecule has 2 heterocycles. The van der Waals surface area contributed by atoms with Crippen LogP contribution in [0.3, 0.4) is 0 Å². The van der Waals surface area contributed by atoms with E-state index in [-0.39, 0.29) is 17.0 Å². The molecule has 58 heavy (non-hydrogen) atoms. The Hall–Kier alpha value is -3.43. The summed E-state index contributed by atoms with van der Waals surface area (Å²) < 4.78 is 82.2. The summed E-state index contributed by atoms with van der Waals surface area (Å²) in [4.78, 5) is 10.2. The number of hydrogen-bond donors (Lipinski definition) is 2. The summed E-state index contributed by atoms with van der Waals surface area (Å²) in [6.07, 6.45) is 5.48. The van der Waals surface area contributed by atoms with Crippen LogP contribution < -0.4 is 19.6 Å². The lowest BCUT2D eigenvalue weighted by Gasteiger charge is -2.33. The van der Waals surface area contributed by atoms with E-state index in [4.69, 9.17) is 8.53 Å². The topological polar surface area (TPSA) is 155 Å². The highest BCUT2D eigenvalue weighted by Gasteiger charge is 2.33. The second-order valence-electron chi connectivity index (χ2n) is 15.5. The van der Waals surface area contributed by atoms with E-state index >= 15 is 0 Å². The third-order valence-corrected chi connectivity index (χ3v) is 22.2. The van der Waals surface area contributed by atoms with Gasteiger partial charge in [0.2, 0.25) is 15.4 Å². The number of rotatable bonds is 19. The van der Waals surface area contributed by atoms with Gasteiger partial charge in [-0.15, -0.1) is 0 Å². The molecule has 0 bridgehead atoms. The van der Waals surface area contributed by atoms with Crippen molar-refractivity contribution in [1.29, 1.82) is 0 Å². The molecule has 314 valence electrons. The average Bonchev–Trinajstić information content (AvgIpc) is 3.18. The smallest absolute Gasteiger partial charge is 0.295 e. The first kappa shape index (κ1) is 45.7. The Labute approximate surface area is 350 Å². The van der Waals surface area contributed by atoms with E-state index in [0.717, 1.165) is 61.1 Å². The van der Waals surface area contributed by atoms with E-state index in [1.165, 1.54) is 18.6 Å². The fourth-order valence-corrected chi connectivity index (χ4v) is 19.6. The van der Waals surface area contributed by atoms with Gasteiger partial charge in [0.1, 0.15) is 29.3 Å². The molecule has 2 aromatic carbocycles.